The summed E-state index contributed by atoms with van der Waals surface area (Å²) in [6.45, 7) is 4.24. The molecule has 0 radical (unpaired) electrons. The van der Waals surface area contributed by atoms with E-state index in [0.29, 0.717) is 17.7 Å². The molecule has 0 atom stereocenters. The largest absolute Gasteiger partial charge is 0.332 e. The number of carbonyl (C=O) groups excluding carboxylic acids is 1. The van der Waals surface area contributed by atoms with Gasteiger partial charge in [0.15, 0.2) is 11.2 Å². The number of aromatic nitrogens is 4. The standard InChI is InChI=1S/C18H21N5O3/c1-11-7-12(2)9-13(8-11)20-14(24)5-6-23-10-19-16-15(23)17(25)22(4)18(26)21(16)3/h7-10H,5-6H2,1-4H3,(H,20,24). The van der Waals surface area contributed by atoms with Crippen LogP contribution in [0.4, 0.5) is 5.69 Å². The van der Waals surface area contributed by atoms with Crippen molar-refractivity contribution in [1.29, 1.82) is 0 Å². The van der Waals surface area contributed by atoms with Gasteiger partial charge in [-0.25, -0.2) is 9.78 Å². The molecular formula is C18H21N5O3. The summed E-state index contributed by atoms with van der Waals surface area (Å²) in [5.74, 6) is -0.154. The Labute approximate surface area is 149 Å². The SMILES string of the molecule is Cc1cc(C)cc(NC(=O)CCn2cnc3c2c(=O)n(C)c(=O)n3C)c1. The van der Waals surface area contributed by atoms with Crippen LogP contribution in [-0.2, 0) is 25.4 Å². The summed E-state index contributed by atoms with van der Waals surface area (Å²) in [6.07, 6.45) is 1.67. The second-order valence-corrected chi connectivity index (χ2v) is 6.49. The predicted molar refractivity (Wildman–Crippen MR) is 99.4 cm³/mol. The second kappa shape index (κ2) is 6.62. The number of hydrogen-bond donors (Lipinski definition) is 1. The number of anilines is 1. The Bertz CT molecular complexity index is 1100. The van der Waals surface area contributed by atoms with Crippen molar-refractivity contribution >= 4 is 22.8 Å². The number of imidazole rings is 1. The highest BCUT2D eigenvalue weighted by Crippen LogP contribution is 2.14. The van der Waals surface area contributed by atoms with Crippen molar-refractivity contribution in [3.8, 4) is 0 Å². The first-order valence-electron chi connectivity index (χ1n) is 8.27. The van der Waals surface area contributed by atoms with Crippen molar-refractivity contribution in [2.75, 3.05) is 5.32 Å². The number of rotatable bonds is 4. The topological polar surface area (TPSA) is 90.9 Å². The van der Waals surface area contributed by atoms with Crippen LogP contribution in [-0.4, -0.2) is 24.6 Å². The number of carbonyl (C=O) groups is 1. The molecule has 0 saturated carbocycles. The molecule has 8 heteroatoms. The Morgan fingerprint density at radius 1 is 1.08 bits per heavy atom. The van der Waals surface area contributed by atoms with Gasteiger partial charge in [0.1, 0.15) is 0 Å². The fraction of sp³-hybridized carbons (Fsp3) is 0.333. The summed E-state index contributed by atoms with van der Waals surface area (Å²) in [6, 6.07) is 5.85. The van der Waals surface area contributed by atoms with Gasteiger partial charge in [-0.3, -0.25) is 18.7 Å². The zero-order valence-electron chi connectivity index (χ0n) is 15.2. The maximum atomic E-state index is 12.4. The highest BCUT2D eigenvalue weighted by Gasteiger charge is 2.15. The lowest BCUT2D eigenvalue weighted by atomic mass is 10.1. The molecule has 2 aromatic heterocycles. The highest BCUT2D eigenvalue weighted by molar-refractivity contribution is 5.90. The molecule has 26 heavy (non-hydrogen) atoms. The van der Waals surface area contributed by atoms with Gasteiger partial charge in [-0.15, -0.1) is 0 Å². The first kappa shape index (κ1) is 17.7. The predicted octanol–water partition coefficient (Wildman–Crippen LogP) is 1.08. The van der Waals surface area contributed by atoms with Crippen LogP contribution in [0.2, 0.25) is 0 Å². The molecular weight excluding hydrogens is 334 g/mol. The van der Waals surface area contributed by atoms with Gasteiger partial charge in [0.05, 0.1) is 6.33 Å². The van der Waals surface area contributed by atoms with E-state index in [-0.39, 0.29) is 12.3 Å². The fourth-order valence-electron chi connectivity index (χ4n) is 3.06. The Morgan fingerprint density at radius 2 is 1.73 bits per heavy atom. The van der Waals surface area contributed by atoms with E-state index < -0.39 is 11.2 Å². The van der Waals surface area contributed by atoms with Crippen LogP contribution < -0.4 is 16.6 Å². The number of benzene rings is 1. The van der Waals surface area contributed by atoms with Crippen molar-refractivity contribution in [1.82, 2.24) is 18.7 Å². The van der Waals surface area contributed by atoms with Gasteiger partial charge < -0.3 is 9.88 Å². The third-order valence-corrected chi connectivity index (χ3v) is 4.30. The van der Waals surface area contributed by atoms with E-state index in [9.17, 15) is 14.4 Å². The second-order valence-electron chi connectivity index (χ2n) is 6.49. The Kier molecular flexibility index (Phi) is 4.50. The fourth-order valence-corrected chi connectivity index (χ4v) is 3.06. The molecule has 1 N–H and O–H groups in total. The summed E-state index contributed by atoms with van der Waals surface area (Å²) in [5, 5.41) is 2.87. The third kappa shape index (κ3) is 3.17. The Balaban J connectivity index is 1.81. The summed E-state index contributed by atoms with van der Waals surface area (Å²) >= 11 is 0. The van der Waals surface area contributed by atoms with Gasteiger partial charge in [-0.2, -0.15) is 0 Å². The molecule has 0 aliphatic carbocycles. The maximum absolute atomic E-state index is 12.4. The lowest BCUT2D eigenvalue weighted by Crippen LogP contribution is -2.37. The summed E-state index contributed by atoms with van der Waals surface area (Å²) in [5.41, 5.74) is 2.68. The Hall–Kier alpha value is -3.16. The molecule has 2 heterocycles. The number of amides is 1. The number of fused-ring (bicyclic) bond motifs is 1. The Morgan fingerprint density at radius 3 is 2.38 bits per heavy atom. The zero-order chi connectivity index (χ0) is 19.0. The smallest absolute Gasteiger partial charge is 0.326 e. The zero-order valence-corrected chi connectivity index (χ0v) is 15.2. The van der Waals surface area contributed by atoms with Crippen LogP contribution in [0.5, 0.6) is 0 Å². The van der Waals surface area contributed by atoms with E-state index in [4.69, 9.17) is 0 Å². The number of aryl methyl sites for hydroxylation is 4. The average Bonchev–Trinajstić information content (AvgIpc) is 2.99. The summed E-state index contributed by atoms with van der Waals surface area (Å²) in [4.78, 5) is 40.7. The van der Waals surface area contributed by atoms with Crippen molar-refractivity contribution < 1.29 is 4.79 Å². The van der Waals surface area contributed by atoms with Crippen molar-refractivity contribution in [2.45, 2.75) is 26.8 Å². The van der Waals surface area contributed by atoms with E-state index in [1.54, 1.807) is 11.6 Å². The molecule has 1 amide bonds. The molecule has 8 nitrogen and oxygen atoms in total. The van der Waals surface area contributed by atoms with Gasteiger partial charge in [0.25, 0.3) is 5.56 Å². The monoisotopic (exact) mass is 355 g/mol. The van der Waals surface area contributed by atoms with Crippen LogP contribution >= 0.6 is 0 Å². The van der Waals surface area contributed by atoms with Crippen LogP contribution in [0.1, 0.15) is 17.5 Å². The average molecular weight is 355 g/mol. The summed E-state index contributed by atoms with van der Waals surface area (Å²) in [7, 11) is 2.99. The van der Waals surface area contributed by atoms with Gasteiger partial charge in [0.2, 0.25) is 5.91 Å². The van der Waals surface area contributed by atoms with Crippen molar-refractivity contribution in [2.24, 2.45) is 14.1 Å². The van der Waals surface area contributed by atoms with E-state index in [1.165, 1.54) is 17.9 Å². The third-order valence-electron chi connectivity index (χ3n) is 4.30. The lowest BCUT2D eigenvalue weighted by Gasteiger charge is -2.09. The van der Waals surface area contributed by atoms with Gasteiger partial charge in [-0.05, 0) is 37.1 Å². The van der Waals surface area contributed by atoms with E-state index >= 15 is 0 Å². The molecule has 1 aromatic carbocycles. The number of nitrogens with zero attached hydrogens (tertiary/aromatic N) is 4. The van der Waals surface area contributed by atoms with Gasteiger partial charge in [-0.1, -0.05) is 6.07 Å². The maximum Gasteiger partial charge on any atom is 0.332 e. The summed E-state index contributed by atoms with van der Waals surface area (Å²) < 4.78 is 3.97. The molecule has 0 saturated heterocycles. The molecule has 3 rings (SSSR count). The van der Waals surface area contributed by atoms with E-state index in [2.05, 4.69) is 10.3 Å². The molecule has 0 unspecified atom stereocenters. The molecule has 0 bridgehead atoms. The van der Waals surface area contributed by atoms with Gasteiger partial charge in [0, 0.05) is 32.7 Å². The van der Waals surface area contributed by atoms with Crippen LogP contribution in [0.15, 0.2) is 34.1 Å². The number of nitrogens with one attached hydrogen (secondary N) is 1. The molecule has 0 aliphatic heterocycles. The highest BCUT2D eigenvalue weighted by atomic mass is 16.2. The quantitative estimate of drug-likeness (QED) is 0.758. The molecule has 136 valence electrons. The minimum atomic E-state index is -0.430. The molecule has 3 aromatic rings. The first-order valence-corrected chi connectivity index (χ1v) is 8.27. The lowest BCUT2D eigenvalue weighted by molar-refractivity contribution is -0.116. The van der Waals surface area contributed by atoms with Crippen LogP contribution in [0.25, 0.3) is 11.2 Å². The minimum Gasteiger partial charge on any atom is -0.326 e. The van der Waals surface area contributed by atoms with Crippen molar-refractivity contribution in [3.05, 3.63) is 56.5 Å². The van der Waals surface area contributed by atoms with E-state index in [1.807, 2.05) is 32.0 Å². The molecule has 0 spiro atoms. The van der Waals surface area contributed by atoms with E-state index in [0.717, 1.165) is 21.4 Å². The first-order chi connectivity index (χ1) is 12.3. The molecule has 0 fully saturated rings. The molecule has 0 aliphatic rings. The minimum absolute atomic E-state index is 0.154. The van der Waals surface area contributed by atoms with Crippen LogP contribution in [0.3, 0.4) is 0 Å². The van der Waals surface area contributed by atoms with Gasteiger partial charge >= 0.3 is 5.69 Å². The normalized spacial score (nSPS) is 11.1. The van der Waals surface area contributed by atoms with Crippen LogP contribution in [0, 0.1) is 13.8 Å². The van der Waals surface area contributed by atoms with Crippen molar-refractivity contribution in [3.63, 3.8) is 0 Å². The number of hydrogen-bond acceptors (Lipinski definition) is 4.